The Balaban J connectivity index is 1.14. The summed E-state index contributed by atoms with van der Waals surface area (Å²) in [6.07, 6.45) is 0. The van der Waals surface area contributed by atoms with E-state index in [1.807, 2.05) is 72.0 Å². The summed E-state index contributed by atoms with van der Waals surface area (Å²) in [5, 5.41) is 2.61. The lowest BCUT2D eigenvalue weighted by Gasteiger charge is -2.23. The van der Waals surface area contributed by atoms with Gasteiger partial charge < -0.3 is 0 Å². The largest absolute Gasteiger partial charge is 0.208 e. The van der Waals surface area contributed by atoms with Gasteiger partial charge in [0.1, 0.15) is 0 Å². The van der Waals surface area contributed by atoms with E-state index in [4.69, 9.17) is 15.0 Å². The normalized spacial score (nSPS) is 13.0. The van der Waals surface area contributed by atoms with Gasteiger partial charge in [0.05, 0.1) is 0 Å². The van der Waals surface area contributed by atoms with Crippen LogP contribution in [0.2, 0.25) is 0 Å². The molecule has 4 heteroatoms. The van der Waals surface area contributed by atoms with Crippen molar-refractivity contribution in [3.8, 4) is 67.5 Å². The fourth-order valence-electron chi connectivity index (χ4n) is 7.86. The topological polar surface area (TPSA) is 38.7 Å². The Morgan fingerprint density at radius 1 is 0.365 bits per heavy atom. The van der Waals surface area contributed by atoms with Crippen LogP contribution in [0.4, 0.5) is 0 Å². The van der Waals surface area contributed by atoms with Crippen molar-refractivity contribution in [3.63, 3.8) is 0 Å². The van der Waals surface area contributed by atoms with E-state index in [1.165, 1.54) is 59.1 Å². The second kappa shape index (κ2) is 11.9. The molecule has 2 aromatic heterocycles. The van der Waals surface area contributed by atoms with Crippen LogP contribution >= 0.6 is 11.3 Å². The molecule has 52 heavy (non-hydrogen) atoms. The smallest absolute Gasteiger partial charge is 0.164 e. The van der Waals surface area contributed by atoms with Crippen LogP contribution in [0.3, 0.4) is 0 Å². The second-order valence-electron chi connectivity index (χ2n) is 14.0. The summed E-state index contributed by atoms with van der Waals surface area (Å²) in [6.45, 7) is 4.70. The fraction of sp³-hybridized carbons (Fsp3) is 0.0625. The molecule has 7 aromatic carbocycles. The Labute approximate surface area is 307 Å². The summed E-state index contributed by atoms with van der Waals surface area (Å²) in [4.78, 5) is 14.9. The van der Waals surface area contributed by atoms with E-state index in [2.05, 4.69) is 117 Å². The zero-order valence-corrected chi connectivity index (χ0v) is 29.7. The number of benzene rings is 7. The molecule has 0 aliphatic heterocycles. The summed E-state index contributed by atoms with van der Waals surface area (Å²) in [5.41, 5.74) is 13.0. The summed E-state index contributed by atoms with van der Waals surface area (Å²) in [6, 6.07) is 58.5. The predicted molar refractivity (Wildman–Crippen MR) is 217 cm³/mol. The van der Waals surface area contributed by atoms with Gasteiger partial charge in [0.25, 0.3) is 0 Å². The third kappa shape index (κ3) is 4.98. The van der Waals surface area contributed by atoms with Crippen LogP contribution in [-0.2, 0) is 5.41 Å². The molecular formula is C48H33N3S. The van der Waals surface area contributed by atoms with E-state index in [0.29, 0.717) is 17.5 Å². The molecular weight excluding hydrogens is 651 g/mol. The lowest BCUT2D eigenvalue weighted by molar-refractivity contribution is 0.660. The molecule has 3 nitrogen and oxygen atoms in total. The first-order chi connectivity index (χ1) is 25.5. The van der Waals surface area contributed by atoms with Gasteiger partial charge in [-0.15, -0.1) is 11.3 Å². The number of rotatable bonds is 5. The zero-order chi connectivity index (χ0) is 34.8. The van der Waals surface area contributed by atoms with Crippen LogP contribution in [0.15, 0.2) is 164 Å². The van der Waals surface area contributed by atoms with Crippen LogP contribution in [0.25, 0.3) is 87.7 Å². The molecule has 0 amide bonds. The molecule has 2 heterocycles. The lowest BCUT2D eigenvalue weighted by Crippen LogP contribution is -2.15. The molecule has 9 aromatic rings. The highest BCUT2D eigenvalue weighted by Crippen LogP contribution is 2.52. The first-order valence-electron chi connectivity index (χ1n) is 17.7. The van der Waals surface area contributed by atoms with Crippen LogP contribution in [0.5, 0.6) is 0 Å². The zero-order valence-electron chi connectivity index (χ0n) is 28.8. The Morgan fingerprint density at radius 2 is 0.885 bits per heavy atom. The highest BCUT2D eigenvalue weighted by Gasteiger charge is 2.36. The van der Waals surface area contributed by atoms with Gasteiger partial charge in [-0.05, 0) is 74.8 Å². The first-order valence-corrected chi connectivity index (χ1v) is 18.5. The number of fused-ring (bicyclic) bond motifs is 6. The number of hydrogen-bond donors (Lipinski definition) is 0. The Hall–Kier alpha value is -6.23. The van der Waals surface area contributed by atoms with Crippen LogP contribution in [-0.4, -0.2) is 15.0 Å². The van der Waals surface area contributed by atoms with Gasteiger partial charge in [0.2, 0.25) is 0 Å². The van der Waals surface area contributed by atoms with Crippen molar-refractivity contribution in [2.24, 2.45) is 0 Å². The Morgan fingerprint density at radius 3 is 1.58 bits per heavy atom. The van der Waals surface area contributed by atoms with Crippen molar-refractivity contribution < 1.29 is 0 Å². The molecule has 0 unspecified atom stereocenters. The number of aromatic nitrogens is 3. The minimum absolute atomic E-state index is 0.112. The van der Waals surface area contributed by atoms with Gasteiger partial charge >= 0.3 is 0 Å². The highest BCUT2D eigenvalue weighted by atomic mass is 32.1. The SMILES string of the molecule is CC1(C)c2ccccc2-c2cc(-c3ccc4sc5ccccc5c4c3)c(-c3ccc(-c4nc(-c5ccccc5)nc(-c5ccccc5)n4)cc3)cc21. The average Bonchev–Trinajstić information content (AvgIpc) is 3.69. The van der Waals surface area contributed by atoms with Gasteiger partial charge in [-0.1, -0.05) is 147 Å². The summed E-state index contributed by atoms with van der Waals surface area (Å²) < 4.78 is 2.63. The molecule has 10 rings (SSSR count). The van der Waals surface area contributed by atoms with E-state index in [1.54, 1.807) is 0 Å². The maximum atomic E-state index is 4.98. The monoisotopic (exact) mass is 683 g/mol. The third-order valence-electron chi connectivity index (χ3n) is 10.6. The highest BCUT2D eigenvalue weighted by molar-refractivity contribution is 7.25. The van der Waals surface area contributed by atoms with Crippen LogP contribution < -0.4 is 0 Å². The summed E-state index contributed by atoms with van der Waals surface area (Å²) >= 11 is 1.86. The minimum atomic E-state index is -0.112. The van der Waals surface area contributed by atoms with E-state index in [9.17, 15) is 0 Å². The van der Waals surface area contributed by atoms with Gasteiger partial charge in [0.15, 0.2) is 17.5 Å². The molecule has 246 valence electrons. The number of nitrogens with zero attached hydrogens (tertiary/aromatic N) is 3. The van der Waals surface area contributed by atoms with Gasteiger partial charge in [-0.25, -0.2) is 15.0 Å². The van der Waals surface area contributed by atoms with E-state index in [-0.39, 0.29) is 5.41 Å². The van der Waals surface area contributed by atoms with E-state index in [0.717, 1.165) is 22.3 Å². The molecule has 1 aliphatic rings. The second-order valence-corrected chi connectivity index (χ2v) is 15.1. The van der Waals surface area contributed by atoms with Gasteiger partial charge in [-0.3, -0.25) is 0 Å². The lowest BCUT2D eigenvalue weighted by atomic mass is 9.80. The minimum Gasteiger partial charge on any atom is -0.208 e. The summed E-state index contributed by atoms with van der Waals surface area (Å²) in [5.74, 6) is 1.97. The Kier molecular flexibility index (Phi) is 7.02. The molecule has 0 fully saturated rings. The van der Waals surface area contributed by atoms with E-state index < -0.39 is 0 Å². The molecule has 0 saturated carbocycles. The molecule has 0 spiro atoms. The standard InChI is InChI=1S/C48H33N3S/c1-48(2)41-19-11-9-17-35(41)39-28-37(34-25-26-44-40(27-34)36-18-10-12-20-43(36)52-44)38(29-42(39)48)30-21-23-33(24-22-30)47-50-45(31-13-5-3-6-14-31)49-46(51-47)32-15-7-4-8-16-32/h3-29H,1-2H3. The third-order valence-corrected chi connectivity index (χ3v) is 11.7. The van der Waals surface area contributed by atoms with Crippen molar-refractivity contribution in [1.29, 1.82) is 0 Å². The predicted octanol–water partition coefficient (Wildman–Crippen LogP) is 12.9. The molecule has 0 radical (unpaired) electrons. The molecule has 0 saturated heterocycles. The molecule has 0 N–H and O–H groups in total. The maximum Gasteiger partial charge on any atom is 0.164 e. The fourth-order valence-corrected chi connectivity index (χ4v) is 8.94. The Bertz CT molecular complexity index is 2740. The van der Waals surface area contributed by atoms with Crippen LogP contribution in [0, 0.1) is 0 Å². The molecule has 0 atom stereocenters. The molecule has 1 aliphatic carbocycles. The maximum absolute atomic E-state index is 4.98. The summed E-state index contributed by atoms with van der Waals surface area (Å²) in [7, 11) is 0. The van der Waals surface area contributed by atoms with E-state index >= 15 is 0 Å². The van der Waals surface area contributed by atoms with Gasteiger partial charge in [0, 0.05) is 42.3 Å². The number of hydrogen-bond acceptors (Lipinski definition) is 4. The average molecular weight is 684 g/mol. The van der Waals surface area contributed by atoms with Crippen molar-refractivity contribution in [2.75, 3.05) is 0 Å². The van der Waals surface area contributed by atoms with Crippen molar-refractivity contribution in [3.05, 3.63) is 175 Å². The van der Waals surface area contributed by atoms with Crippen molar-refractivity contribution in [2.45, 2.75) is 19.3 Å². The van der Waals surface area contributed by atoms with Gasteiger partial charge in [-0.2, -0.15) is 0 Å². The van der Waals surface area contributed by atoms with Crippen molar-refractivity contribution >= 4 is 31.5 Å². The van der Waals surface area contributed by atoms with Crippen LogP contribution in [0.1, 0.15) is 25.0 Å². The first kappa shape index (κ1) is 30.6. The van der Waals surface area contributed by atoms with Crippen molar-refractivity contribution in [1.82, 2.24) is 15.0 Å². The molecule has 0 bridgehead atoms. The quantitative estimate of drug-likeness (QED) is 0.181. The number of thiophene rings is 1.